The van der Waals surface area contributed by atoms with Crippen LogP contribution in [0.3, 0.4) is 0 Å². The van der Waals surface area contributed by atoms with Crippen LogP contribution in [0.25, 0.3) is 109 Å². The Labute approximate surface area is 536 Å². The molecule has 450 valence electrons. The molecule has 0 aliphatic heterocycles. The van der Waals surface area contributed by atoms with Crippen molar-refractivity contribution in [2.24, 2.45) is 22.2 Å². The van der Waals surface area contributed by atoms with E-state index in [1.165, 1.54) is 131 Å². The van der Waals surface area contributed by atoms with E-state index in [0.29, 0.717) is 39.0 Å². The van der Waals surface area contributed by atoms with Crippen LogP contribution in [0.1, 0.15) is 88.1 Å². The van der Waals surface area contributed by atoms with E-state index >= 15 is 19.2 Å². The van der Waals surface area contributed by atoms with Crippen LogP contribution >= 0.6 is 0 Å². The second kappa shape index (κ2) is 15.9. The molecule has 0 radical (unpaired) electrons. The molecule has 7 atom stereocenters. The maximum atomic E-state index is 16.9. The molecule has 10 aliphatic rings. The summed E-state index contributed by atoms with van der Waals surface area (Å²) in [7, 11) is 0. The number of esters is 4. The predicted octanol–water partition coefficient (Wildman–Crippen LogP) is 11.4. The average Bonchev–Trinajstić information content (AvgIpc) is 1.36. The van der Waals surface area contributed by atoms with E-state index in [-0.39, 0.29) is 38.3 Å². The fourth-order valence-electron chi connectivity index (χ4n) is 24.4. The third kappa shape index (κ3) is 4.76. The van der Waals surface area contributed by atoms with Crippen LogP contribution in [0.5, 0.6) is 0 Å². The van der Waals surface area contributed by atoms with Crippen molar-refractivity contribution in [2.75, 3.05) is 26.4 Å². The van der Waals surface area contributed by atoms with Crippen LogP contribution in [-0.4, -0.2) is 50.3 Å². The first-order valence-electron chi connectivity index (χ1n) is 33.8. The standard InChI is InChI=1S/C82H58N4O8/c1-77(73(87)91-32-28-83-20-6-2-7-21-83,74(88)92-33-29-84-22-8-3-9-23-84)79-19-17-44-38-45-37-43-16-18-78-41-48-40-47-39-46-36-42-14-15-49(79)55-50(42)56-52(46)65-67-63-60(56)59(55)66-62-58(54(44)71(66)79)51(45)57-53(43)70(78)68(64(57)61(62)63)72(67)80(69(47)65)81(82(48,78)80,75(89)93-34-30-85-24-10-4-11-25-85)76(90)94-35-31-86-26-12-5-13-27-86/h2-16,18,20-27,36-39,48,69,71H,17,19,28-35,40-41H2,1H3/q+4. The van der Waals surface area contributed by atoms with Crippen molar-refractivity contribution in [1.82, 2.24) is 0 Å². The minimum Gasteiger partial charge on any atom is -0.458 e. The van der Waals surface area contributed by atoms with Gasteiger partial charge in [0, 0.05) is 82.0 Å². The molecule has 3 saturated carbocycles. The summed E-state index contributed by atoms with van der Waals surface area (Å²) in [6.07, 6.45) is 25.8. The van der Waals surface area contributed by atoms with Crippen molar-refractivity contribution in [3.8, 4) is 0 Å². The molecule has 4 heterocycles. The number of nitrogens with zero attached hydrogens (tertiary/aromatic N) is 4. The molecule has 12 nitrogen and oxygen atoms in total. The SMILES string of the molecule is CC(C(=O)OCC[n+]1ccccc1)(C(=O)OCC[n+]1ccccc1)C12CCc3cc4cc5c6c7c8c9c%10c%11c%12c(cc%13ccc1c1c%14c%15c%16c(c3C%152)c4c6c8c%16c%10c%14c%12c%131)C=C1CC2CC7(C=C5)C23C(C(=O)OCC[n+]2ccccc2)(C(=O)OCC[n+]2ccccc2)C93C1%11. The molecule has 0 saturated heterocycles. The number of carbonyl (C=O) groups excluding carboxylic acids is 4. The van der Waals surface area contributed by atoms with Gasteiger partial charge in [-0.05, 0) is 198 Å². The molecule has 3 fully saturated rings. The highest BCUT2D eigenvalue weighted by Crippen LogP contribution is 3.03. The zero-order chi connectivity index (χ0) is 61.6. The van der Waals surface area contributed by atoms with Gasteiger partial charge in [0.15, 0.2) is 113 Å². The predicted molar refractivity (Wildman–Crippen MR) is 351 cm³/mol. The molecule has 10 aliphatic carbocycles. The quantitative estimate of drug-likeness (QED) is 0.0221. The number of ether oxygens (including phenoxy) is 4. The number of pyridine rings is 4. The second-order valence-electron chi connectivity index (χ2n) is 29.5. The van der Waals surface area contributed by atoms with E-state index in [9.17, 15) is 0 Å². The molecular weight excluding hydrogens is 1170 g/mol. The van der Waals surface area contributed by atoms with Crippen LogP contribution in [-0.2, 0) is 87.0 Å². The lowest BCUT2D eigenvalue weighted by molar-refractivity contribution is -0.698. The van der Waals surface area contributed by atoms with Crippen LogP contribution in [0.4, 0.5) is 0 Å². The topological polar surface area (TPSA) is 121 Å². The third-order valence-corrected chi connectivity index (χ3v) is 26.8. The molecule has 14 aromatic rings. The summed E-state index contributed by atoms with van der Waals surface area (Å²) in [4.78, 5) is 66.6. The molecule has 3 spiro atoms. The van der Waals surface area contributed by atoms with E-state index < -0.39 is 62.3 Å². The number of rotatable bonds is 17. The van der Waals surface area contributed by atoms with Gasteiger partial charge >= 0.3 is 23.9 Å². The number of hydrogen-bond acceptors (Lipinski definition) is 8. The van der Waals surface area contributed by atoms with Gasteiger partial charge < -0.3 is 18.9 Å². The van der Waals surface area contributed by atoms with Gasteiger partial charge in [-0.15, -0.1) is 0 Å². The number of aryl methyl sites for hydroxylation is 1. The van der Waals surface area contributed by atoms with Gasteiger partial charge in [-0.2, -0.15) is 0 Å². The van der Waals surface area contributed by atoms with E-state index in [2.05, 4.69) is 48.6 Å². The Kier molecular flexibility index (Phi) is 8.51. The zero-order valence-corrected chi connectivity index (χ0v) is 51.4. The highest BCUT2D eigenvalue weighted by atomic mass is 16.6. The van der Waals surface area contributed by atoms with Gasteiger partial charge in [0.25, 0.3) is 0 Å². The monoisotopic (exact) mass is 1230 g/mol. The first kappa shape index (κ1) is 50.4. The lowest BCUT2D eigenvalue weighted by Crippen LogP contribution is -2.62. The van der Waals surface area contributed by atoms with Crippen molar-refractivity contribution in [3.63, 3.8) is 0 Å². The molecular formula is C82H58N4O8+4. The number of carbonyl (C=O) groups is 4. The highest BCUT2D eigenvalue weighted by molar-refractivity contribution is 6.56. The third-order valence-electron chi connectivity index (χ3n) is 26.8. The molecule has 10 aromatic carbocycles. The van der Waals surface area contributed by atoms with Crippen LogP contribution < -0.4 is 18.3 Å². The van der Waals surface area contributed by atoms with Crippen molar-refractivity contribution >= 4 is 133 Å². The Morgan fingerprint density at radius 2 is 1.02 bits per heavy atom. The Morgan fingerprint density at radius 1 is 0.500 bits per heavy atom. The summed E-state index contributed by atoms with van der Waals surface area (Å²) < 4.78 is 35.2. The molecule has 12 heteroatoms. The van der Waals surface area contributed by atoms with Crippen molar-refractivity contribution in [1.29, 1.82) is 0 Å². The van der Waals surface area contributed by atoms with E-state index in [1.54, 1.807) is 0 Å². The van der Waals surface area contributed by atoms with Gasteiger partial charge in [-0.3, -0.25) is 19.2 Å². The number of allylic oxidation sites excluding steroid dienone is 2. The Morgan fingerprint density at radius 3 is 1.65 bits per heavy atom. The zero-order valence-electron chi connectivity index (χ0n) is 51.4. The number of hydrogen-bond donors (Lipinski definition) is 0. The van der Waals surface area contributed by atoms with Crippen LogP contribution in [0, 0.1) is 22.2 Å². The van der Waals surface area contributed by atoms with Crippen molar-refractivity contribution in [2.45, 2.75) is 86.9 Å². The largest absolute Gasteiger partial charge is 0.458 e. The van der Waals surface area contributed by atoms with Crippen LogP contribution in [0.2, 0.25) is 0 Å². The maximum absolute atomic E-state index is 16.9. The first-order valence-corrected chi connectivity index (χ1v) is 33.8. The van der Waals surface area contributed by atoms with Crippen LogP contribution in [0.15, 0.2) is 164 Å². The number of fused-ring (bicyclic) bond motifs is 1. The lowest BCUT2D eigenvalue weighted by atomic mass is 9.38. The molecule has 0 N–H and O–H groups in total. The summed E-state index contributed by atoms with van der Waals surface area (Å²) in [6, 6.07) is 35.6. The summed E-state index contributed by atoms with van der Waals surface area (Å²) in [5, 5.41) is 21.9. The van der Waals surface area contributed by atoms with Gasteiger partial charge in [0.2, 0.25) is 0 Å². The van der Waals surface area contributed by atoms with Gasteiger partial charge in [-0.1, -0.05) is 66.3 Å². The van der Waals surface area contributed by atoms with Crippen molar-refractivity contribution < 1.29 is 56.4 Å². The van der Waals surface area contributed by atoms with Gasteiger partial charge in [-0.25, -0.2) is 18.3 Å². The minimum absolute atomic E-state index is 0.0324. The molecule has 0 amide bonds. The number of benzene rings is 8. The fraction of sp³-hybridized carbons (Fsp3) is 0.268. The highest BCUT2D eigenvalue weighted by Gasteiger charge is 3.08. The van der Waals surface area contributed by atoms with E-state index in [4.69, 9.17) is 18.9 Å². The summed E-state index contributed by atoms with van der Waals surface area (Å²) in [5.41, 5.74) is 4.67. The fourth-order valence-corrected chi connectivity index (χ4v) is 24.4. The normalized spacial score (nSPS) is 25.4. The molecule has 4 aromatic heterocycles. The molecule has 24 rings (SSSR count). The smallest absolute Gasteiger partial charge is 0.325 e. The number of aromatic nitrogens is 4. The van der Waals surface area contributed by atoms with Gasteiger partial charge in [0.1, 0.15) is 0 Å². The van der Waals surface area contributed by atoms with E-state index in [0.717, 1.165) is 34.6 Å². The second-order valence-corrected chi connectivity index (χ2v) is 29.5. The Hall–Kier alpha value is -10.2. The molecule has 94 heavy (non-hydrogen) atoms. The first-order chi connectivity index (χ1) is 46.2. The summed E-state index contributed by atoms with van der Waals surface area (Å²) >= 11 is 0. The molecule has 0 bridgehead atoms. The molecule has 7 unspecified atom stereocenters. The van der Waals surface area contributed by atoms with Gasteiger partial charge in [0.05, 0.1) is 0 Å². The minimum atomic E-state index is -1.84. The maximum Gasteiger partial charge on any atom is 0.325 e. The Bertz CT molecular complexity index is 5910. The van der Waals surface area contributed by atoms with E-state index in [1.807, 2.05) is 148 Å². The summed E-state index contributed by atoms with van der Waals surface area (Å²) in [5.74, 6) is -2.84. The lowest BCUT2D eigenvalue weighted by Gasteiger charge is -2.64. The Balaban J connectivity index is 0.824. The summed E-state index contributed by atoms with van der Waals surface area (Å²) in [6.45, 7) is 3.90. The van der Waals surface area contributed by atoms with Crippen molar-refractivity contribution in [3.05, 3.63) is 214 Å². The average molecular weight is 1230 g/mol.